The molecule has 166 valence electrons. The van der Waals surface area contributed by atoms with Crippen LogP contribution >= 0.6 is 11.8 Å². The van der Waals surface area contributed by atoms with Gasteiger partial charge in [0.15, 0.2) is 0 Å². The maximum atomic E-state index is 13.6. The number of pyridine rings is 1. The highest BCUT2D eigenvalue weighted by atomic mass is 32.2. The van der Waals surface area contributed by atoms with E-state index in [1.54, 1.807) is 12.1 Å². The number of rotatable bonds is 5. The molecule has 1 amide bonds. The third-order valence-electron chi connectivity index (χ3n) is 6.31. The van der Waals surface area contributed by atoms with Crippen LogP contribution in [0.4, 0.5) is 24.7 Å². The molecule has 1 saturated heterocycles. The monoisotopic (exact) mass is 449 g/mol. The first-order valence-corrected chi connectivity index (χ1v) is 11.8. The van der Waals surface area contributed by atoms with Crippen molar-refractivity contribution in [1.29, 1.82) is 0 Å². The second-order valence-corrected chi connectivity index (χ2v) is 9.22. The number of carbonyl (C=O) groups excluding carboxylic acids is 1. The van der Waals surface area contributed by atoms with Crippen LogP contribution < -0.4 is 10.2 Å². The molecule has 1 aliphatic carbocycles. The van der Waals surface area contributed by atoms with Gasteiger partial charge < -0.3 is 10.2 Å². The number of thioether (sulfide) groups is 1. The highest BCUT2D eigenvalue weighted by molar-refractivity contribution is 7.98. The summed E-state index contributed by atoms with van der Waals surface area (Å²) in [5, 5.41) is 2.78. The van der Waals surface area contributed by atoms with Crippen molar-refractivity contribution < 1.29 is 18.0 Å². The number of piperidine rings is 1. The second-order valence-electron chi connectivity index (χ2n) is 8.34. The van der Waals surface area contributed by atoms with Gasteiger partial charge in [0.05, 0.1) is 11.1 Å². The fourth-order valence-electron chi connectivity index (χ4n) is 4.43. The molecule has 4 rings (SSSR count). The molecule has 1 aromatic carbocycles. The van der Waals surface area contributed by atoms with E-state index in [0.717, 1.165) is 29.9 Å². The molecule has 4 nitrogen and oxygen atoms in total. The van der Waals surface area contributed by atoms with E-state index in [4.69, 9.17) is 0 Å². The van der Waals surface area contributed by atoms with E-state index >= 15 is 0 Å². The molecule has 0 radical (unpaired) electrons. The van der Waals surface area contributed by atoms with Gasteiger partial charge in [-0.3, -0.25) is 4.79 Å². The highest BCUT2D eigenvalue weighted by Gasteiger charge is 2.38. The molecular weight excluding hydrogens is 423 g/mol. The molecule has 1 N–H and O–H groups in total. The average Bonchev–Trinajstić information content (AvgIpc) is 3.58. The van der Waals surface area contributed by atoms with Crippen molar-refractivity contribution in [3.63, 3.8) is 0 Å². The fraction of sp³-hybridized carbons (Fsp3) is 0.478. The summed E-state index contributed by atoms with van der Waals surface area (Å²) >= 11 is 1.53. The van der Waals surface area contributed by atoms with Crippen molar-refractivity contribution in [3.8, 4) is 0 Å². The van der Waals surface area contributed by atoms with Crippen molar-refractivity contribution in [1.82, 2.24) is 4.98 Å². The number of aromatic nitrogens is 1. The maximum absolute atomic E-state index is 13.6. The number of carbonyl (C=O) groups is 1. The number of nitrogens with one attached hydrogen (secondary N) is 1. The Bertz CT molecular complexity index is 967. The quantitative estimate of drug-likeness (QED) is 0.568. The predicted molar refractivity (Wildman–Crippen MR) is 118 cm³/mol. The van der Waals surface area contributed by atoms with E-state index in [2.05, 4.69) is 10.3 Å². The largest absolute Gasteiger partial charge is 0.418 e. The van der Waals surface area contributed by atoms with Crippen LogP contribution in [0.25, 0.3) is 0 Å². The van der Waals surface area contributed by atoms with Crippen molar-refractivity contribution >= 4 is 29.2 Å². The van der Waals surface area contributed by atoms with E-state index < -0.39 is 17.6 Å². The van der Waals surface area contributed by atoms with Crippen LogP contribution in [-0.4, -0.2) is 30.2 Å². The maximum Gasteiger partial charge on any atom is 0.418 e. The summed E-state index contributed by atoms with van der Waals surface area (Å²) in [6.45, 7) is 2.78. The summed E-state index contributed by atoms with van der Waals surface area (Å²) in [6, 6.07) is 7.25. The summed E-state index contributed by atoms with van der Waals surface area (Å²) in [4.78, 5) is 20.3. The molecule has 0 spiro atoms. The SMILES string of the molecule is CSc1cccc(NC(=O)c2c(N3CCC(C4CC4)CC3)ncc(C(F)(F)F)c2C)c1. The molecule has 1 saturated carbocycles. The third kappa shape index (κ3) is 4.84. The highest BCUT2D eigenvalue weighted by Crippen LogP contribution is 2.43. The topological polar surface area (TPSA) is 45.2 Å². The Labute approximate surface area is 184 Å². The lowest BCUT2D eigenvalue weighted by atomic mass is 9.91. The van der Waals surface area contributed by atoms with Crippen LogP contribution in [0.1, 0.15) is 47.2 Å². The van der Waals surface area contributed by atoms with Gasteiger partial charge in [-0.15, -0.1) is 11.8 Å². The lowest BCUT2D eigenvalue weighted by Crippen LogP contribution is -2.36. The molecule has 1 aromatic heterocycles. The summed E-state index contributed by atoms with van der Waals surface area (Å²) in [6.07, 6.45) is 2.76. The van der Waals surface area contributed by atoms with Gasteiger partial charge in [0.25, 0.3) is 5.91 Å². The second kappa shape index (κ2) is 8.73. The zero-order chi connectivity index (χ0) is 22.2. The number of hydrogen-bond acceptors (Lipinski definition) is 4. The molecule has 2 fully saturated rings. The van der Waals surface area contributed by atoms with Gasteiger partial charge >= 0.3 is 6.18 Å². The first-order chi connectivity index (χ1) is 14.8. The Morgan fingerprint density at radius 2 is 1.84 bits per heavy atom. The van der Waals surface area contributed by atoms with Gasteiger partial charge in [-0.25, -0.2) is 4.98 Å². The van der Waals surface area contributed by atoms with E-state index in [-0.39, 0.29) is 11.1 Å². The molecule has 0 atom stereocenters. The number of nitrogens with zero attached hydrogens (tertiary/aromatic N) is 2. The minimum absolute atomic E-state index is 0.00857. The molecule has 8 heteroatoms. The van der Waals surface area contributed by atoms with Crippen LogP contribution in [0.2, 0.25) is 0 Å². The van der Waals surface area contributed by atoms with Crippen LogP contribution in [-0.2, 0) is 6.18 Å². The lowest BCUT2D eigenvalue weighted by molar-refractivity contribution is -0.138. The fourth-order valence-corrected chi connectivity index (χ4v) is 4.89. The number of alkyl halides is 3. The van der Waals surface area contributed by atoms with E-state index in [9.17, 15) is 18.0 Å². The summed E-state index contributed by atoms with van der Waals surface area (Å²) in [5.74, 6) is 1.27. The Kier molecular flexibility index (Phi) is 6.19. The number of benzene rings is 1. The zero-order valence-electron chi connectivity index (χ0n) is 17.6. The van der Waals surface area contributed by atoms with Crippen LogP contribution in [0.5, 0.6) is 0 Å². The first-order valence-electron chi connectivity index (χ1n) is 10.5. The standard InChI is InChI=1S/C23H26F3N3OS/c1-14-19(23(24,25)26)13-27-21(29-10-8-16(9-11-29)15-6-7-15)20(14)22(30)28-17-4-3-5-18(12-17)31-2/h3-5,12-13,15-16H,6-11H2,1-2H3,(H,28,30). The average molecular weight is 450 g/mol. The van der Waals surface area contributed by atoms with E-state index in [0.29, 0.717) is 30.5 Å². The Morgan fingerprint density at radius 1 is 1.16 bits per heavy atom. The van der Waals surface area contributed by atoms with Gasteiger partial charge in [0, 0.05) is 29.9 Å². The predicted octanol–water partition coefficient (Wildman–Crippen LogP) is 6.01. The van der Waals surface area contributed by atoms with Gasteiger partial charge in [-0.05, 0) is 74.5 Å². The molecule has 0 unspecified atom stereocenters. The van der Waals surface area contributed by atoms with Crippen molar-refractivity contribution in [2.45, 2.75) is 43.7 Å². The van der Waals surface area contributed by atoms with Gasteiger partial charge in [0.1, 0.15) is 5.82 Å². The van der Waals surface area contributed by atoms with Crippen LogP contribution in [0, 0.1) is 18.8 Å². The van der Waals surface area contributed by atoms with Crippen LogP contribution in [0.15, 0.2) is 35.4 Å². The third-order valence-corrected chi connectivity index (χ3v) is 7.03. The Morgan fingerprint density at radius 3 is 2.45 bits per heavy atom. The number of anilines is 2. The lowest BCUT2D eigenvalue weighted by Gasteiger charge is -2.34. The number of hydrogen-bond donors (Lipinski definition) is 1. The zero-order valence-corrected chi connectivity index (χ0v) is 18.4. The summed E-state index contributed by atoms with van der Waals surface area (Å²) in [5.41, 5.74) is -0.395. The van der Waals surface area contributed by atoms with Gasteiger partial charge in [-0.2, -0.15) is 13.2 Å². The van der Waals surface area contributed by atoms with Crippen molar-refractivity contribution in [3.05, 3.63) is 47.2 Å². The minimum atomic E-state index is -4.57. The molecule has 31 heavy (non-hydrogen) atoms. The number of halogens is 3. The van der Waals surface area contributed by atoms with Gasteiger partial charge in [0.2, 0.25) is 0 Å². The van der Waals surface area contributed by atoms with Crippen molar-refractivity contribution in [2.24, 2.45) is 11.8 Å². The molecule has 2 aromatic rings. The molecule has 2 heterocycles. The van der Waals surface area contributed by atoms with E-state index in [1.807, 2.05) is 23.3 Å². The normalized spacial score (nSPS) is 17.6. The molecule has 1 aliphatic heterocycles. The Balaban J connectivity index is 1.66. The minimum Gasteiger partial charge on any atom is -0.356 e. The summed E-state index contributed by atoms with van der Waals surface area (Å²) in [7, 11) is 0. The first kappa shape index (κ1) is 22.0. The molecular formula is C23H26F3N3OS. The van der Waals surface area contributed by atoms with Gasteiger partial charge in [-0.1, -0.05) is 6.07 Å². The molecule has 0 bridgehead atoms. The molecule has 2 aliphatic rings. The Hall–Kier alpha value is -2.22. The van der Waals surface area contributed by atoms with Crippen LogP contribution in [0.3, 0.4) is 0 Å². The van der Waals surface area contributed by atoms with E-state index in [1.165, 1.54) is 31.5 Å². The smallest absolute Gasteiger partial charge is 0.356 e. The van der Waals surface area contributed by atoms with Crippen molar-refractivity contribution in [2.75, 3.05) is 29.6 Å². The summed E-state index contributed by atoms with van der Waals surface area (Å²) < 4.78 is 40.7. The number of amides is 1.